The number of piperidine rings is 2. The third-order valence-electron chi connectivity index (χ3n) is 5.56. The first-order valence-electron chi connectivity index (χ1n) is 10.8. The van der Waals surface area contributed by atoms with E-state index >= 15 is 0 Å². The third kappa shape index (κ3) is 12.9. The second-order valence-corrected chi connectivity index (χ2v) is 8.39. The molecule has 2 saturated heterocycles. The van der Waals surface area contributed by atoms with Gasteiger partial charge in [0.2, 0.25) is 0 Å². The molecule has 6 nitrogen and oxygen atoms in total. The predicted molar refractivity (Wildman–Crippen MR) is 120 cm³/mol. The minimum absolute atomic E-state index is 0.243. The van der Waals surface area contributed by atoms with E-state index in [1.54, 1.807) is 0 Å². The zero-order valence-corrected chi connectivity index (χ0v) is 19.1. The highest BCUT2D eigenvalue weighted by Crippen LogP contribution is 2.20. The third-order valence-corrected chi connectivity index (χ3v) is 5.56. The normalized spacial score (nSPS) is 19.8. The molecular weight excluding hydrogens is 338 g/mol. The zero-order valence-electron chi connectivity index (χ0n) is 19.1. The van der Waals surface area contributed by atoms with Crippen LogP contribution in [0.1, 0.15) is 39.0 Å². The Kier molecular flexibility index (Phi) is 15.7. The summed E-state index contributed by atoms with van der Waals surface area (Å²) in [5.41, 5.74) is 0. The van der Waals surface area contributed by atoms with Crippen molar-refractivity contribution in [2.24, 2.45) is 11.8 Å². The summed E-state index contributed by atoms with van der Waals surface area (Å²) in [7, 11) is 7.50. The van der Waals surface area contributed by atoms with Crippen molar-refractivity contribution in [3.63, 3.8) is 0 Å². The summed E-state index contributed by atoms with van der Waals surface area (Å²) < 4.78 is 0. The van der Waals surface area contributed by atoms with Crippen LogP contribution < -0.4 is 5.32 Å². The van der Waals surface area contributed by atoms with Gasteiger partial charge < -0.3 is 29.9 Å². The van der Waals surface area contributed by atoms with Crippen LogP contribution in [-0.2, 0) is 0 Å². The van der Waals surface area contributed by atoms with E-state index in [4.69, 9.17) is 0 Å². The van der Waals surface area contributed by atoms with Crippen molar-refractivity contribution in [1.82, 2.24) is 19.8 Å². The highest BCUT2D eigenvalue weighted by Gasteiger charge is 2.24. The maximum atomic E-state index is 9.36. The quantitative estimate of drug-likeness (QED) is 0.624. The lowest BCUT2D eigenvalue weighted by atomic mass is 9.80. The fourth-order valence-electron chi connectivity index (χ4n) is 3.76. The first-order valence-corrected chi connectivity index (χ1v) is 10.8. The van der Waals surface area contributed by atoms with Gasteiger partial charge in [-0.25, -0.2) is 0 Å². The molecule has 160 valence electrons. The summed E-state index contributed by atoms with van der Waals surface area (Å²) >= 11 is 0. The summed E-state index contributed by atoms with van der Waals surface area (Å²) in [5, 5.41) is 21.4. The maximum Gasteiger partial charge on any atom is 0.376 e. The molecule has 2 aliphatic rings. The SMILES string of the molecule is CB(O)N1CCC(CN(C)C)CC1.CCC1CCN(B(C)O)CC1.CNC. The van der Waals surface area contributed by atoms with Crippen molar-refractivity contribution >= 4 is 14.1 Å². The van der Waals surface area contributed by atoms with Crippen LogP contribution in [0.3, 0.4) is 0 Å². The highest BCUT2D eigenvalue weighted by atomic mass is 16.2. The van der Waals surface area contributed by atoms with Crippen LogP contribution >= 0.6 is 0 Å². The van der Waals surface area contributed by atoms with Crippen molar-refractivity contribution < 1.29 is 10.0 Å². The Morgan fingerprint density at radius 3 is 1.44 bits per heavy atom. The van der Waals surface area contributed by atoms with Gasteiger partial charge in [0, 0.05) is 6.54 Å². The Bertz CT molecular complexity index is 334. The summed E-state index contributed by atoms with van der Waals surface area (Å²) in [5.74, 6) is 1.73. The van der Waals surface area contributed by atoms with Gasteiger partial charge >= 0.3 is 14.1 Å². The van der Waals surface area contributed by atoms with Gasteiger partial charge in [-0.15, -0.1) is 0 Å². The molecular formula is C19H46B2N4O2. The molecule has 0 bridgehead atoms. The minimum Gasteiger partial charge on any atom is -0.437 e. The van der Waals surface area contributed by atoms with Crippen molar-refractivity contribution in [1.29, 1.82) is 0 Å². The molecule has 0 aromatic rings. The van der Waals surface area contributed by atoms with Crippen LogP contribution in [0.5, 0.6) is 0 Å². The molecule has 0 aromatic heterocycles. The first-order chi connectivity index (χ1) is 12.7. The number of hydrogen-bond acceptors (Lipinski definition) is 6. The van der Waals surface area contributed by atoms with E-state index in [9.17, 15) is 10.0 Å². The molecule has 3 N–H and O–H groups in total. The lowest BCUT2D eigenvalue weighted by Crippen LogP contribution is -2.44. The van der Waals surface area contributed by atoms with Gasteiger partial charge in [0.25, 0.3) is 0 Å². The Hall–Kier alpha value is -0.110. The first kappa shape index (κ1) is 26.9. The average Bonchev–Trinajstić information content (AvgIpc) is 2.63. The second kappa shape index (κ2) is 15.8. The van der Waals surface area contributed by atoms with Gasteiger partial charge in [-0.3, -0.25) is 0 Å². The average molecular weight is 384 g/mol. The fraction of sp³-hybridized carbons (Fsp3) is 1.00. The van der Waals surface area contributed by atoms with Crippen LogP contribution in [0, 0.1) is 11.8 Å². The van der Waals surface area contributed by atoms with Crippen LogP contribution in [0.2, 0.25) is 13.6 Å². The Balaban J connectivity index is 0.000000442. The van der Waals surface area contributed by atoms with Crippen molar-refractivity contribution in [3.8, 4) is 0 Å². The molecule has 2 rings (SSSR count). The van der Waals surface area contributed by atoms with Gasteiger partial charge in [-0.1, -0.05) is 13.3 Å². The smallest absolute Gasteiger partial charge is 0.376 e. The van der Waals surface area contributed by atoms with E-state index in [0.717, 1.165) is 38.0 Å². The molecule has 0 radical (unpaired) electrons. The summed E-state index contributed by atoms with van der Waals surface area (Å²) in [6, 6.07) is 0. The van der Waals surface area contributed by atoms with E-state index < -0.39 is 0 Å². The van der Waals surface area contributed by atoms with Crippen LogP contribution in [-0.4, -0.2) is 99.6 Å². The van der Waals surface area contributed by atoms with Gasteiger partial charge in [0.05, 0.1) is 0 Å². The highest BCUT2D eigenvalue weighted by molar-refractivity contribution is 6.45. The minimum atomic E-state index is -0.264. The van der Waals surface area contributed by atoms with Gasteiger partial charge in [0.1, 0.15) is 0 Å². The maximum absolute atomic E-state index is 9.36. The molecule has 0 saturated carbocycles. The molecule has 0 aliphatic carbocycles. The van der Waals surface area contributed by atoms with Crippen LogP contribution in [0.4, 0.5) is 0 Å². The van der Waals surface area contributed by atoms with E-state index in [2.05, 4.69) is 40.9 Å². The van der Waals surface area contributed by atoms with Crippen LogP contribution in [0.15, 0.2) is 0 Å². The molecule has 8 heteroatoms. The molecule has 0 atom stereocenters. The number of nitrogens with one attached hydrogen (secondary N) is 1. The summed E-state index contributed by atoms with van der Waals surface area (Å²) in [6.45, 7) is 11.4. The Morgan fingerprint density at radius 2 is 1.19 bits per heavy atom. The molecule has 0 unspecified atom stereocenters. The molecule has 2 aliphatic heterocycles. The van der Waals surface area contributed by atoms with E-state index in [-0.39, 0.29) is 14.1 Å². The van der Waals surface area contributed by atoms with Crippen molar-refractivity contribution in [2.45, 2.75) is 52.7 Å². The number of hydrogen-bond donors (Lipinski definition) is 3. The van der Waals surface area contributed by atoms with Gasteiger partial charge in [-0.05, 0) is 106 Å². The second-order valence-electron chi connectivity index (χ2n) is 8.39. The summed E-state index contributed by atoms with van der Waals surface area (Å²) in [6.07, 6.45) is 6.28. The molecule has 0 amide bonds. The fourth-order valence-corrected chi connectivity index (χ4v) is 3.76. The largest absolute Gasteiger partial charge is 0.437 e. The lowest BCUT2D eigenvalue weighted by Gasteiger charge is -2.33. The van der Waals surface area contributed by atoms with Crippen molar-refractivity contribution in [2.75, 3.05) is 60.9 Å². The molecule has 27 heavy (non-hydrogen) atoms. The molecule has 2 fully saturated rings. The Morgan fingerprint density at radius 1 is 0.852 bits per heavy atom. The van der Waals surface area contributed by atoms with Crippen LogP contribution in [0.25, 0.3) is 0 Å². The zero-order chi connectivity index (χ0) is 20.8. The summed E-state index contributed by atoms with van der Waals surface area (Å²) in [4.78, 5) is 6.54. The standard InChI is InChI=1S/C9H21BN2O.C8H18BNO.C2H7N/c1-10(13)12-6-4-9(5-7-12)8-11(2)3;1-3-8-4-6-10(7-5-8)9(2)11;1-3-2/h9,13H,4-8H2,1-3H3;8,11H,3-7H2,1-2H3;3H,1-2H3. The number of rotatable bonds is 5. The monoisotopic (exact) mass is 384 g/mol. The number of nitrogens with zero attached hydrogens (tertiary/aromatic N) is 3. The topological polar surface area (TPSA) is 62.2 Å². The predicted octanol–water partition coefficient (Wildman–Crippen LogP) is 1.42. The van der Waals surface area contributed by atoms with E-state index in [1.165, 1.54) is 38.6 Å². The molecule has 2 heterocycles. The van der Waals surface area contributed by atoms with Gasteiger partial charge in [0.15, 0.2) is 0 Å². The Labute approximate surface area is 169 Å². The molecule has 0 spiro atoms. The van der Waals surface area contributed by atoms with Gasteiger partial charge in [-0.2, -0.15) is 0 Å². The lowest BCUT2D eigenvalue weighted by molar-refractivity contribution is 0.211. The van der Waals surface area contributed by atoms with E-state index in [0.29, 0.717) is 0 Å². The molecule has 0 aromatic carbocycles. The van der Waals surface area contributed by atoms with Crippen molar-refractivity contribution in [3.05, 3.63) is 0 Å². The van der Waals surface area contributed by atoms with E-state index in [1.807, 2.05) is 27.7 Å².